The molecule has 144 valence electrons. The third-order valence-corrected chi connectivity index (χ3v) is 6.48. The Morgan fingerprint density at radius 2 is 1.79 bits per heavy atom. The first-order valence-electron chi connectivity index (χ1n) is 8.91. The minimum absolute atomic E-state index is 0.0342. The van der Waals surface area contributed by atoms with Crippen LogP contribution in [0.3, 0.4) is 0 Å². The number of rotatable bonds is 5. The fourth-order valence-electron chi connectivity index (χ4n) is 2.86. The number of benzene rings is 1. The summed E-state index contributed by atoms with van der Waals surface area (Å²) in [5.74, 6) is -0.248. The Hall–Kier alpha value is -2.55. The van der Waals surface area contributed by atoms with Crippen LogP contribution in [0.4, 0.5) is 10.8 Å². The van der Waals surface area contributed by atoms with Gasteiger partial charge in [-0.05, 0) is 31.2 Å². The van der Waals surface area contributed by atoms with E-state index in [4.69, 9.17) is 9.72 Å². The van der Waals surface area contributed by atoms with Gasteiger partial charge in [-0.1, -0.05) is 12.1 Å². The largest absolute Gasteiger partial charge is 0.378 e. The number of Topliss-reactive ketones (excluding diaryl/α,β-unsaturated/α-hetero) is 1. The molecule has 1 aromatic carbocycles. The van der Waals surface area contributed by atoms with Crippen molar-refractivity contribution >= 4 is 45.2 Å². The Kier molecular flexibility index (Phi) is 5.52. The Balaban J connectivity index is 1.43. The molecule has 4 rings (SSSR count). The molecule has 0 aliphatic carbocycles. The van der Waals surface area contributed by atoms with Crippen molar-refractivity contribution in [2.45, 2.75) is 6.92 Å². The molecule has 1 fully saturated rings. The lowest BCUT2D eigenvalue weighted by molar-refractivity contribution is 0.101. The Morgan fingerprint density at radius 3 is 2.46 bits per heavy atom. The maximum atomic E-state index is 12.3. The summed E-state index contributed by atoms with van der Waals surface area (Å²) in [6, 6.07) is 11.0. The lowest BCUT2D eigenvalue weighted by Gasteiger charge is -2.26. The van der Waals surface area contributed by atoms with Gasteiger partial charge in [0.1, 0.15) is 0 Å². The first-order chi connectivity index (χ1) is 13.6. The van der Waals surface area contributed by atoms with Gasteiger partial charge in [-0.15, -0.1) is 22.7 Å². The number of ether oxygens (including phenoxy) is 1. The normalized spacial score (nSPS) is 14.1. The third kappa shape index (κ3) is 4.14. The summed E-state index contributed by atoms with van der Waals surface area (Å²) in [6.07, 6.45) is 0. The molecule has 1 aliphatic rings. The molecule has 8 heteroatoms. The number of anilines is 2. The van der Waals surface area contributed by atoms with E-state index in [0.29, 0.717) is 15.4 Å². The Labute approximate surface area is 170 Å². The predicted molar refractivity (Wildman–Crippen MR) is 113 cm³/mol. The van der Waals surface area contributed by atoms with Crippen molar-refractivity contribution in [3.63, 3.8) is 0 Å². The van der Waals surface area contributed by atoms with E-state index in [1.54, 1.807) is 23.5 Å². The molecular weight excluding hydrogens is 394 g/mol. The van der Waals surface area contributed by atoms with Crippen LogP contribution in [0.15, 0.2) is 41.8 Å². The van der Waals surface area contributed by atoms with Gasteiger partial charge in [-0.2, -0.15) is 0 Å². The van der Waals surface area contributed by atoms with Gasteiger partial charge in [0.05, 0.1) is 28.7 Å². The maximum Gasteiger partial charge on any atom is 0.265 e. The number of hydrogen-bond acceptors (Lipinski definition) is 7. The van der Waals surface area contributed by atoms with Crippen LogP contribution in [0.1, 0.15) is 26.3 Å². The van der Waals surface area contributed by atoms with E-state index in [-0.39, 0.29) is 11.7 Å². The molecule has 0 radical (unpaired) electrons. The van der Waals surface area contributed by atoms with Crippen molar-refractivity contribution in [1.82, 2.24) is 4.98 Å². The van der Waals surface area contributed by atoms with E-state index >= 15 is 0 Å². The van der Waals surface area contributed by atoms with Crippen LogP contribution in [-0.2, 0) is 4.74 Å². The van der Waals surface area contributed by atoms with Crippen molar-refractivity contribution < 1.29 is 14.3 Å². The minimum atomic E-state index is -0.214. The highest BCUT2D eigenvalue weighted by Gasteiger charge is 2.15. The molecule has 1 aliphatic heterocycles. The van der Waals surface area contributed by atoms with Crippen LogP contribution in [0.5, 0.6) is 0 Å². The summed E-state index contributed by atoms with van der Waals surface area (Å²) in [4.78, 5) is 31.8. The van der Waals surface area contributed by atoms with Gasteiger partial charge in [0.25, 0.3) is 5.91 Å². The van der Waals surface area contributed by atoms with E-state index in [2.05, 4.69) is 10.2 Å². The smallest absolute Gasteiger partial charge is 0.265 e. The van der Waals surface area contributed by atoms with Crippen molar-refractivity contribution in [3.05, 3.63) is 51.5 Å². The average molecular weight is 414 g/mol. The molecule has 0 bridgehead atoms. The van der Waals surface area contributed by atoms with E-state index < -0.39 is 0 Å². The second-order valence-corrected chi connectivity index (χ2v) is 8.29. The average Bonchev–Trinajstić information content (AvgIpc) is 3.39. The number of thiophene rings is 1. The Morgan fingerprint density at radius 1 is 1.07 bits per heavy atom. The highest BCUT2D eigenvalue weighted by atomic mass is 32.1. The van der Waals surface area contributed by atoms with Crippen LogP contribution in [-0.4, -0.2) is 43.0 Å². The van der Waals surface area contributed by atoms with Crippen LogP contribution in [0.2, 0.25) is 0 Å². The van der Waals surface area contributed by atoms with E-state index in [9.17, 15) is 9.59 Å². The molecule has 0 unspecified atom stereocenters. The first-order valence-corrected chi connectivity index (χ1v) is 10.6. The fraction of sp³-hybridized carbons (Fsp3) is 0.250. The van der Waals surface area contributed by atoms with Gasteiger partial charge < -0.3 is 15.0 Å². The van der Waals surface area contributed by atoms with Gasteiger partial charge in [0.2, 0.25) is 0 Å². The van der Waals surface area contributed by atoms with Crippen LogP contribution in [0, 0.1) is 0 Å². The molecule has 28 heavy (non-hydrogen) atoms. The third-order valence-electron chi connectivity index (χ3n) is 4.39. The zero-order chi connectivity index (χ0) is 19.5. The summed E-state index contributed by atoms with van der Waals surface area (Å²) in [6.45, 7) is 4.70. The van der Waals surface area contributed by atoms with Crippen molar-refractivity contribution in [2.24, 2.45) is 0 Å². The molecular formula is C20H19N3O3S2. The van der Waals surface area contributed by atoms with Gasteiger partial charge in [0, 0.05) is 29.7 Å². The second-order valence-electron chi connectivity index (χ2n) is 6.37. The summed E-state index contributed by atoms with van der Waals surface area (Å²) in [7, 11) is 0. The van der Waals surface area contributed by atoms with Crippen LogP contribution in [0.25, 0.3) is 11.3 Å². The molecule has 3 aromatic rings. The van der Waals surface area contributed by atoms with Gasteiger partial charge >= 0.3 is 0 Å². The van der Waals surface area contributed by atoms with Gasteiger partial charge in [-0.25, -0.2) is 4.98 Å². The highest BCUT2D eigenvalue weighted by Crippen LogP contribution is 2.29. The number of amides is 1. The molecule has 0 atom stereocenters. The summed E-state index contributed by atoms with van der Waals surface area (Å²) in [5.41, 5.74) is 2.63. The second kappa shape index (κ2) is 8.22. The number of nitrogens with one attached hydrogen (secondary N) is 1. The number of morpholine rings is 1. The van der Waals surface area contributed by atoms with Crippen LogP contribution >= 0.6 is 22.7 Å². The fourth-order valence-corrected chi connectivity index (χ4v) is 4.55. The summed E-state index contributed by atoms with van der Waals surface area (Å²) >= 11 is 2.83. The quantitative estimate of drug-likeness (QED) is 0.636. The van der Waals surface area contributed by atoms with E-state index in [1.807, 2.05) is 29.6 Å². The van der Waals surface area contributed by atoms with Gasteiger partial charge in [0.15, 0.2) is 10.9 Å². The number of nitrogens with zero attached hydrogens (tertiary/aromatic N) is 2. The summed E-state index contributed by atoms with van der Waals surface area (Å²) < 4.78 is 5.39. The molecule has 2 aromatic heterocycles. The number of ketones is 1. The minimum Gasteiger partial charge on any atom is -0.378 e. The standard InChI is InChI=1S/C20H19N3O3S2/c1-13(24)17-6-7-18(28-17)19(25)21-15-4-2-14(3-5-15)16-12-27-20(22-16)23-8-10-26-11-9-23/h2-7,12H,8-11H2,1H3,(H,21,25). The van der Waals surface area contributed by atoms with Gasteiger partial charge in [-0.3, -0.25) is 9.59 Å². The summed E-state index contributed by atoms with van der Waals surface area (Å²) in [5, 5.41) is 5.92. The SMILES string of the molecule is CC(=O)c1ccc(C(=O)Nc2ccc(-c3csc(N4CCOCC4)n3)cc2)s1. The molecule has 1 saturated heterocycles. The number of carbonyl (C=O) groups is 2. The number of thiazole rings is 1. The number of carbonyl (C=O) groups excluding carboxylic acids is 2. The predicted octanol–water partition coefficient (Wildman–Crippen LogP) is 4.16. The first kappa shape index (κ1) is 18.8. The molecule has 6 nitrogen and oxygen atoms in total. The molecule has 1 N–H and O–H groups in total. The zero-order valence-corrected chi connectivity index (χ0v) is 16.9. The van der Waals surface area contributed by atoms with Crippen molar-refractivity contribution in [1.29, 1.82) is 0 Å². The lowest BCUT2D eigenvalue weighted by Crippen LogP contribution is -2.36. The maximum absolute atomic E-state index is 12.3. The molecule has 0 spiro atoms. The van der Waals surface area contributed by atoms with E-state index in [1.165, 1.54) is 18.3 Å². The molecule has 1 amide bonds. The molecule has 0 saturated carbocycles. The number of hydrogen-bond donors (Lipinski definition) is 1. The van der Waals surface area contributed by atoms with Crippen LogP contribution < -0.4 is 10.2 Å². The van der Waals surface area contributed by atoms with Crippen molar-refractivity contribution in [2.75, 3.05) is 36.5 Å². The monoisotopic (exact) mass is 413 g/mol. The van der Waals surface area contributed by atoms with Crippen molar-refractivity contribution in [3.8, 4) is 11.3 Å². The topological polar surface area (TPSA) is 71.5 Å². The number of aromatic nitrogens is 1. The zero-order valence-electron chi connectivity index (χ0n) is 15.3. The highest BCUT2D eigenvalue weighted by molar-refractivity contribution is 7.16. The lowest BCUT2D eigenvalue weighted by atomic mass is 10.1. The molecule has 3 heterocycles. The Bertz CT molecular complexity index is 988. The van der Waals surface area contributed by atoms with E-state index in [0.717, 1.165) is 42.7 Å².